The molecule has 0 aliphatic heterocycles. The van der Waals surface area contributed by atoms with Gasteiger partial charge in [0.15, 0.2) is 0 Å². The van der Waals surface area contributed by atoms with Crippen LogP contribution in [0.2, 0.25) is 0 Å². The Labute approximate surface area is 141 Å². The maximum Gasteiger partial charge on any atom is 0.309 e. The van der Waals surface area contributed by atoms with Crippen LogP contribution in [0.15, 0.2) is 34.7 Å². The van der Waals surface area contributed by atoms with E-state index < -0.39 is 27.1 Å². The first-order valence-corrected chi connectivity index (χ1v) is 8.87. The van der Waals surface area contributed by atoms with E-state index in [2.05, 4.69) is 4.40 Å². The van der Waals surface area contributed by atoms with Gasteiger partial charge in [-0.1, -0.05) is 30.3 Å². The van der Waals surface area contributed by atoms with Crippen molar-refractivity contribution in [3.63, 3.8) is 0 Å². The SMILES string of the molecule is CC(C)(C(=O)O)C(CC=NS(=O)C(C)(C)C)Cc1ccccc1. The minimum Gasteiger partial charge on any atom is -0.481 e. The third-order valence-electron chi connectivity index (χ3n) is 3.98. The maximum atomic E-state index is 12.0. The smallest absolute Gasteiger partial charge is 0.309 e. The second kappa shape index (κ2) is 7.86. The van der Waals surface area contributed by atoms with Gasteiger partial charge in [0.2, 0.25) is 0 Å². The van der Waals surface area contributed by atoms with E-state index in [1.54, 1.807) is 20.1 Å². The van der Waals surface area contributed by atoms with Crippen molar-refractivity contribution in [1.29, 1.82) is 0 Å². The average Bonchev–Trinajstić information content (AvgIpc) is 2.45. The Morgan fingerprint density at radius 2 is 1.78 bits per heavy atom. The van der Waals surface area contributed by atoms with E-state index in [1.165, 1.54) is 0 Å². The van der Waals surface area contributed by atoms with Gasteiger partial charge in [0.1, 0.15) is 11.0 Å². The summed E-state index contributed by atoms with van der Waals surface area (Å²) in [7, 11) is -1.32. The van der Waals surface area contributed by atoms with Crippen LogP contribution in [0.3, 0.4) is 0 Å². The molecule has 0 saturated carbocycles. The van der Waals surface area contributed by atoms with Crippen LogP contribution in [0.5, 0.6) is 0 Å². The molecular formula is C18H27NO3S. The van der Waals surface area contributed by atoms with E-state index >= 15 is 0 Å². The molecular weight excluding hydrogens is 310 g/mol. The lowest BCUT2D eigenvalue weighted by Gasteiger charge is -2.29. The van der Waals surface area contributed by atoms with E-state index in [9.17, 15) is 14.1 Å². The molecule has 0 spiro atoms. The van der Waals surface area contributed by atoms with Gasteiger partial charge in [-0.25, -0.2) is 4.21 Å². The summed E-state index contributed by atoms with van der Waals surface area (Å²) >= 11 is 0. The highest BCUT2D eigenvalue weighted by atomic mass is 32.2. The first-order chi connectivity index (χ1) is 10.5. The lowest BCUT2D eigenvalue weighted by Crippen LogP contribution is -2.34. The van der Waals surface area contributed by atoms with Crippen molar-refractivity contribution in [3.05, 3.63) is 35.9 Å². The number of hydrogen-bond donors (Lipinski definition) is 1. The molecule has 0 radical (unpaired) electrons. The Kier molecular flexibility index (Phi) is 6.69. The van der Waals surface area contributed by atoms with Crippen LogP contribution in [0.1, 0.15) is 46.6 Å². The number of carbonyl (C=O) groups is 1. The topological polar surface area (TPSA) is 66.7 Å². The van der Waals surface area contributed by atoms with Gasteiger partial charge in [-0.2, -0.15) is 4.40 Å². The first-order valence-electron chi connectivity index (χ1n) is 7.77. The third-order valence-corrected chi connectivity index (χ3v) is 5.37. The highest BCUT2D eigenvalue weighted by Gasteiger charge is 2.36. The molecule has 23 heavy (non-hydrogen) atoms. The number of benzene rings is 1. The largest absolute Gasteiger partial charge is 0.481 e. The van der Waals surface area contributed by atoms with E-state index in [4.69, 9.17) is 0 Å². The Bertz CT molecular complexity index is 574. The molecule has 1 rings (SSSR count). The quantitative estimate of drug-likeness (QED) is 0.768. The summed E-state index contributed by atoms with van der Waals surface area (Å²) < 4.78 is 15.7. The van der Waals surface area contributed by atoms with Gasteiger partial charge >= 0.3 is 5.97 Å². The summed E-state index contributed by atoms with van der Waals surface area (Å²) in [5, 5.41) is 9.52. The van der Waals surface area contributed by atoms with Crippen LogP contribution < -0.4 is 0 Å². The fraction of sp³-hybridized carbons (Fsp3) is 0.556. The average molecular weight is 337 g/mol. The van der Waals surface area contributed by atoms with Crippen molar-refractivity contribution in [3.8, 4) is 0 Å². The Morgan fingerprint density at radius 1 is 1.22 bits per heavy atom. The zero-order valence-corrected chi connectivity index (χ0v) is 15.4. The van der Waals surface area contributed by atoms with Crippen molar-refractivity contribution in [2.45, 2.75) is 52.2 Å². The lowest BCUT2D eigenvalue weighted by molar-refractivity contribution is -0.149. The molecule has 2 atom stereocenters. The van der Waals surface area contributed by atoms with E-state index in [0.717, 1.165) is 5.56 Å². The van der Waals surface area contributed by atoms with Gasteiger partial charge in [0.25, 0.3) is 0 Å². The predicted octanol–water partition coefficient (Wildman–Crippen LogP) is 3.88. The van der Waals surface area contributed by atoms with Crippen LogP contribution in [0, 0.1) is 11.3 Å². The zero-order chi connectivity index (χ0) is 17.7. The molecule has 0 aliphatic carbocycles. The van der Waals surface area contributed by atoms with Crippen LogP contribution >= 0.6 is 0 Å². The minimum absolute atomic E-state index is 0.122. The highest BCUT2D eigenvalue weighted by Crippen LogP contribution is 2.32. The summed E-state index contributed by atoms with van der Waals surface area (Å²) in [6, 6.07) is 9.82. The number of carboxylic acids is 1. The minimum atomic E-state index is -1.32. The molecule has 1 aromatic carbocycles. The fourth-order valence-electron chi connectivity index (χ4n) is 2.10. The van der Waals surface area contributed by atoms with Crippen molar-refractivity contribution in [2.75, 3.05) is 0 Å². The molecule has 2 unspecified atom stereocenters. The summed E-state index contributed by atoms with van der Waals surface area (Å²) in [5.74, 6) is -0.952. The summed E-state index contributed by atoms with van der Waals surface area (Å²) in [4.78, 5) is 11.6. The van der Waals surface area contributed by atoms with Gasteiger partial charge in [-0.3, -0.25) is 4.79 Å². The van der Waals surface area contributed by atoms with Crippen LogP contribution in [-0.2, 0) is 22.2 Å². The molecule has 128 valence electrons. The first kappa shape index (κ1) is 19.6. The van der Waals surface area contributed by atoms with Crippen LogP contribution in [0.4, 0.5) is 0 Å². The Hall–Kier alpha value is -1.49. The standard InChI is InChI=1S/C18H27NO3S/c1-17(2,3)23(22)19-12-11-15(18(4,5)16(20)21)13-14-9-7-6-8-10-14/h6-10,12,15H,11,13H2,1-5H3,(H,20,21). The molecule has 4 nitrogen and oxygen atoms in total. The molecule has 0 amide bonds. The normalized spacial score (nSPS) is 15.5. The van der Waals surface area contributed by atoms with E-state index in [0.29, 0.717) is 12.8 Å². The monoisotopic (exact) mass is 337 g/mol. The van der Waals surface area contributed by atoms with Crippen molar-refractivity contribution in [1.82, 2.24) is 0 Å². The molecule has 5 heteroatoms. The van der Waals surface area contributed by atoms with E-state index in [-0.39, 0.29) is 5.92 Å². The molecule has 1 aromatic rings. The van der Waals surface area contributed by atoms with Crippen molar-refractivity contribution in [2.24, 2.45) is 15.7 Å². The molecule has 0 bridgehead atoms. The van der Waals surface area contributed by atoms with Gasteiger partial charge in [-0.15, -0.1) is 0 Å². The number of hydrogen-bond acceptors (Lipinski definition) is 2. The number of rotatable bonds is 7. The Balaban J connectivity index is 2.91. The zero-order valence-electron chi connectivity index (χ0n) is 14.6. The van der Waals surface area contributed by atoms with Gasteiger partial charge < -0.3 is 5.11 Å². The molecule has 0 heterocycles. The van der Waals surface area contributed by atoms with E-state index in [1.807, 2.05) is 51.1 Å². The van der Waals surface area contributed by atoms with Crippen LogP contribution in [0.25, 0.3) is 0 Å². The molecule has 1 N–H and O–H groups in total. The molecule has 0 saturated heterocycles. The summed E-state index contributed by atoms with van der Waals surface area (Å²) in [5.41, 5.74) is 0.211. The maximum absolute atomic E-state index is 12.0. The Morgan fingerprint density at radius 3 is 2.26 bits per heavy atom. The lowest BCUT2D eigenvalue weighted by atomic mass is 9.74. The fourth-order valence-corrected chi connectivity index (χ4v) is 2.64. The summed E-state index contributed by atoms with van der Waals surface area (Å²) in [6.07, 6.45) is 2.75. The van der Waals surface area contributed by atoms with Gasteiger partial charge in [0, 0.05) is 6.21 Å². The molecule has 0 aliphatic rings. The van der Waals surface area contributed by atoms with Crippen LogP contribution in [-0.4, -0.2) is 26.2 Å². The predicted molar refractivity (Wildman–Crippen MR) is 96.1 cm³/mol. The summed E-state index contributed by atoms with van der Waals surface area (Å²) in [6.45, 7) is 9.06. The highest BCUT2D eigenvalue weighted by molar-refractivity contribution is 7.85. The number of aliphatic carboxylic acids is 1. The third kappa shape index (κ3) is 5.90. The molecule has 0 aromatic heterocycles. The second-order valence-corrected chi connectivity index (χ2v) is 9.23. The van der Waals surface area contributed by atoms with Gasteiger partial charge in [0.05, 0.1) is 10.2 Å². The number of carboxylic acid groups (broad SMARTS) is 1. The van der Waals surface area contributed by atoms with Gasteiger partial charge in [-0.05, 0) is 58.9 Å². The molecule has 0 fully saturated rings. The number of nitrogens with zero attached hydrogens (tertiary/aromatic N) is 1. The van der Waals surface area contributed by atoms with Crippen molar-refractivity contribution < 1.29 is 14.1 Å². The second-order valence-electron chi connectivity index (χ2n) is 7.30. The van der Waals surface area contributed by atoms with Crippen molar-refractivity contribution >= 4 is 23.2 Å².